The lowest BCUT2D eigenvalue weighted by Gasteiger charge is -2.11. The Morgan fingerprint density at radius 2 is 1.90 bits per heavy atom. The molecule has 0 aliphatic carbocycles. The first-order chi connectivity index (χ1) is 10.2. The van der Waals surface area contributed by atoms with Gasteiger partial charge in [0.1, 0.15) is 0 Å². The predicted octanol–water partition coefficient (Wildman–Crippen LogP) is 4.97. The molecule has 3 aromatic rings. The second-order valence-corrected chi connectivity index (χ2v) is 5.66. The number of rotatable bonds is 4. The summed E-state index contributed by atoms with van der Waals surface area (Å²) >= 11 is 0. The van der Waals surface area contributed by atoms with Crippen LogP contribution >= 0.6 is 0 Å². The van der Waals surface area contributed by atoms with Crippen LogP contribution in [0.2, 0.25) is 0 Å². The van der Waals surface area contributed by atoms with E-state index in [0.29, 0.717) is 5.92 Å². The van der Waals surface area contributed by atoms with E-state index in [-0.39, 0.29) is 0 Å². The van der Waals surface area contributed by atoms with E-state index in [2.05, 4.69) is 72.7 Å². The number of hydrogen-bond donors (Lipinski definition) is 1. The van der Waals surface area contributed by atoms with Crippen molar-refractivity contribution in [3.63, 3.8) is 0 Å². The minimum absolute atomic E-state index is 0.554. The highest BCUT2D eigenvalue weighted by Gasteiger charge is 2.01. The fourth-order valence-electron chi connectivity index (χ4n) is 2.45. The van der Waals surface area contributed by atoms with E-state index < -0.39 is 0 Å². The molecule has 0 saturated carbocycles. The summed E-state index contributed by atoms with van der Waals surface area (Å²) in [7, 11) is 0. The lowest BCUT2D eigenvalue weighted by atomic mass is 10.0. The second-order valence-electron chi connectivity index (χ2n) is 5.66. The Kier molecular flexibility index (Phi) is 3.87. The molecule has 1 heterocycles. The average molecular weight is 276 g/mol. The molecule has 0 amide bonds. The smallest absolute Gasteiger partial charge is 0.0702 e. The predicted molar refractivity (Wildman–Crippen MR) is 89.6 cm³/mol. The van der Waals surface area contributed by atoms with Gasteiger partial charge in [-0.05, 0) is 47.4 Å². The largest absolute Gasteiger partial charge is 0.381 e. The summed E-state index contributed by atoms with van der Waals surface area (Å²) in [6.07, 6.45) is 1.83. The van der Waals surface area contributed by atoms with Gasteiger partial charge in [0.25, 0.3) is 0 Å². The van der Waals surface area contributed by atoms with Gasteiger partial charge in [-0.15, -0.1) is 0 Å². The minimum Gasteiger partial charge on any atom is -0.381 e. The standard InChI is InChI=1S/C19H20N2/c1-14(2)16-5-3-7-18(12-16)21-13-15-8-9-19-17(11-15)6-4-10-20-19/h3-12,14,21H,13H2,1-2H3. The number of aromatic nitrogens is 1. The molecule has 0 aliphatic rings. The number of nitrogens with zero attached hydrogens (tertiary/aromatic N) is 1. The van der Waals surface area contributed by atoms with Crippen LogP contribution < -0.4 is 5.32 Å². The Morgan fingerprint density at radius 3 is 2.76 bits per heavy atom. The molecule has 0 saturated heterocycles. The van der Waals surface area contributed by atoms with E-state index in [1.807, 2.05) is 12.3 Å². The van der Waals surface area contributed by atoms with Gasteiger partial charge >= 0.3 is 0 Å². The van der Waals surface area contributed by atoms with Crippen LogP contribution in [-0.4, -0.2) is 4.98 Å². The fourth-order valence-corrected chi connectivity index (χ4v) is 2.45. The third-order valence-corrected chi connectivity index (χ3v) is 3.72. The van der Waals surface area contributed by atoms with E-state index in [1.54, 1.807) is 0 Å². The van der Waals surface area contributed by atoms with E-state index >= 15 is 0 Å². The molecule has 21 heavy (non-hydrogen) atoms. The lowest BCUT2D eigenvalue weighted by Crippen LogP contribution is -2.00. The highest BCUT2D eigenvalue weighted by Crippen LogP contribution is 2.20. The van der Waals surface area contributed by atoms with Crippen LogP contribution in [0, 0.1) is 0 Å². The Labute approximate surface area is 125 Å². The van der Waals surface area contributed by atoms with Gasteiger partial charge in [0, 0.05) is 23.8 Å². The first-order valence-corrected chi connectivity index (χ1v) is 7.40. The Hall–Kier alpha value is -2.35. The van der Waals surface area contributed by atoms with E-state index in [0.717, 1.165) is 12.1 Å². The number of hydrogen-bond acceptors (Lipinski definition) is 2. The Bertz CT molecular complexity index is 747. The molecule has 0 radical (unpaired) electrons. The topological polar surface area (TPSA) is 24.9 Å². The molecule has 0 fully saturated rings. The summed E-state index contributed by atoms with van der Waals surface area (Å²) in [6.45, 7) is 5.26. The third-order valence-electron chi connectivity index (χ3n) is 3.72. The van der Waals surface area contributed by atoms with E-state index in [9.17, 15) is 0 Å². The summed E-state index contributed by atoms with van der Waals surface area (Å²) in [5.41, 5.74) is 4.85. The summed E-state index contributed by atoms with van der Waals surface area (Å²) in [6, 6.07) is 19.1. The summed E-state index contributed by atoms with van der Waals surface area (Å²) in [5.74, 6) is 0.554. The second kappa shape index (κ2) is 5.96. The molecule has 0 bridgehead atoms. The molecule has 2 heteroatoms. The van der Waals surface area contributed by atoms with Crippen LogP contribution in [0.15, 0.2) is 60.8 Å². The number of pyridine rings is 1. The highest BCUT2D eigenvalue weighted by atomic mass is 14.9. The number of fused-ring (bicyclic) bond motifs is 1. The van der Waals surface area contributed by atoms with Crippen LogP contribution in [0.25, 0.3) is 10.9 Å². The van der Waals surface area contributed by atoms with Gasteiger partial charge < -0.3 is 5.32 Å². The van der Waals surface area contributed by atoms with Gasteiger partial charge in [-0.1, -0.05) is 38.1 Å². The normalized spacial score (nSPS) is 11.0. The van der Waals surface area contributed by atoms with Crippen molar-refractivity contribution in [3.05, 3.63) is 71.9 Å². The lowest BCUT2D eigenvalue weighted by molar-refractivity contribution is 0.866. The van der Waals surface area contributed by atoms with Gasteiger partial charge in [0.2, 0.25) is 0 Å². The van der Waals surface area contributed by atoms with Crippen molar-refractivity contribution in [2.45, 2.75) is 26.3 Å². The zero-order valence-electron chi connectivity index (χ0n) is 12.5. The van der Waals surface area contributed by atoms with Crippen molar-refractivity contribution >= 4 is 16.6 Å². The molecule has 0 aliphatic heterocycles. The molecule has 2 nitrogen and oxygen atoms in total. The summed E-state index contributed by atoms with van der Waals surface area (Å²) < 4.78 is 0. The zero-order chi connectivity index (χ0) is 14.7. The van der Waals surface area contributed by atoms with Crippen molar-refractivity contribution < 1.29 is 0 Å². The maximum Gasteiger partial charge on any atom is 0.0702 e. The first-order valence-electron chi connectivity index (χ1n) is 7.40. The molecule has 1 N–H and O–H groups in total. The first kappa shape index (κ1) is 13.6. The van der Waals surface area contributed by atoms with Crippen molar-refractivity contribution in [2.75, 3.05) is 5.32 Å². The Balaban J connectivity index is 1.75. The van der Waals surface area contributed by atoms with Crippen LogP contribution in [0.3, 0.4) is 0 Å². The van der Waals surface area contributed by atoms with Gasteiger partial charge in [-0.3, -0.25) is 4.98 Å². The van der Waals surface area contributed by atoms with Crippen molar-refractivity contribution in [1.82, 2.24) is 4.98 Å². The van der Waals surface area contributed by atoms with E-state index in [1.165, 1.54) is 22.2 Å². The number of nitrogens with one attached hydrogen (secondary N) is 1. The van der Waals surface area contributed by atoms with Gasteiger partial charge in [-0.25, -0.2) is 0 Å². The van der Waals surface area contributed by atoms with Crippen molar-refractivity contribution in [3.8, 4) is 0 Å². The summed E-state index contributed by atoms with van der Waals surface area (Å²) in [5, 5.41) is 4.69. The van der Waals surface area contributed by atoms with Crippen LogP contribution in [0.5, 0.6) is 0 Å². The number of benzene rings is 2. The molecule has 1 aromatic heterocycles. The molecule has 106 valence electrons. The zero-order valence-corrected chi connectivity index (χ0v) is 12.5. The minimum atomic E-state index is 0.554. The highest BCUT2D eigenvalue weighted by molar-refractivity contribution is 5.79. The average Bonchev–Trinajstić information content (AvgIpc) is 2.53. The van der Waals surface area contributed by atoms with Crippen LogP contribution in [-0.2, 0) is 6.54 Å². The molecule has 0 atom stereocenters. The van der Waals surface area contributed by atoms with Gasteiger partial charge in [0.15, 0.2) is 0 Å². The maximum absolute atomic E-state index is 4.35. The maximum atomic E-state index is 4.35. The monoisotopic (exact) mass is 276 g/mol. The molecular formula is C19H20N2. The van der Waals surface area contributed by atoms with Gasteiger partial charge in [0.05, 0.1) is 5.52 Å². The molecular weight excluding hydrogens is 256 g/mol. The third kappa shape index (κ3) is 3.22. The number of anilines is 1. The molecule has 2 aromatic carbocycles. The quantitative estimate of drug-likeness (QED) is 0.727. The molecule has 3 rings (SSSR count). The fraction of sp³-hybridized carbons (Fsp3) is 0.211. The molecule has 0 unspecified atom stereocenters. The van der Waals surface area contributed by atoms with Crippen molar-refractivity contribution in [2.24, 2.45) is 0 Å². The Morgan fingerprint density at radius 1 is 1.00 bits per heavy atom. The van der Waals surface area contributed by atoms with Crippen LogP contribution in [0.4, 0.5) is 5.69 Å². The van der Waals surface area contributed by atoms with Crippen molar-refractivity contribution in [1.29, 1.82) is 0 Å². The van der Waals surface area contributed by atoms with Crippen LogP contribution in [0.1, 0.15) is 30.9 Å². The van der Waals surface area contributed by atoms with Gasteiger partial charge in [-0.2, -0.15) is 0 Å². The van der Waals surface area contributed by atoms with E-state index in [4.69, 9.17) is 0 Å². The molecule has 0 spiro atoms. The summed E-state index contributed by atoms with van der Waals surface area (Å²) in [4.78, 5) is 4.35. The SMILES string of the molecule is CC(C)c1cccc(NCc2ccc3ncccc3c2)c1.